The van der Waals surface area contributed by atoms with Crippen LogP contribution in [-0.2, 0) is 24.7 Å². The second-order valence-corrected chi connectivity index (χ2v) is 11.5. The van der Waals surface area contributed by atoms with Crippen molar-refractivity contribution in [2.24, 2.45) is 12.8 Å². The number of rotatable bonds is 9. The highest BCUT2D eigenvalue weighted by atomic mass is 35.5. The fraction of sp³-hybridized carbons (Fsp3) is 0.323. The van der Waals surface area contributed by atoms with Crippen molar-refractivity contribution in [3.63, 3.8) is 0 Å². The summed E-state index contributed by atoms with van der Waals surface area (Å²) >= 11 is 12.3. The third kappa shape index (κ3) is 6.84. The first-order valence-electron chi connectivity index (χ1n) is 13.8. The van der Waals surface area contributed by atoms with E-state index in [9.17, 15) is 4.79 Å². The molecule has 5 N–H and O–H groups in total. The van der Waals surface area contributed by atoms with Gasteiger partial charge >= 0.3 is 0 Å². The first-order chi connectivity index (χ1) is 19.7. The summed E-state index contributed by atoms with van der Waals surface area (Å²) in [5.41, 5.74) is 10.9. The minimum absolute atomic E-state index is 0.0262. The molecule has 41 heavy (non-hydrogen) atoms. The largest absolute Gasteiger partial charge is 0.384 e. The summed E-state index contributed by atoms with van der Waals surface area (Å²) in [7, 11) is 2.02. The zero-order valence-electron chi connectivity index (χ0n) is 23.3. The molecule has 0 radical (unpaired) electrons. The SMILES string of the molecule is CC(C(=O)Nc1ccc2c(c1)nc(CCc1ccc(C(=N)N)cc1)n2C)N1CCC(Nc2ccc(Cl)cc2Cl)CC1. The van der Waals surface area contributed by atoms with Crippen molar-refractivity contribution in [2.75, 3.05) is 23.7 Å². The molecule has 1 fully saturated rings. The van der Waals surface area contributed by atoms with Crippen molar-refractivity contribution >= 4 is 57.4 Å². The fourth-order valence-corrected chi connectivity index (χ4v) is 5.79. The molecule has 0 saturated carbocycles. The van der Waals surface area contributed by atoms with E-state index in [0.29, 0.717) is 16.1 Å². The van der Waals surface area contributed by atoms with Crippen LogP contribution >= 0.6 is 23.2 Å². The minimum Gasteiger partial charge on any atom is -0.384 e. The standard InChI is InChI=1S/C31H35Cl2N7O/c1-19(40-15-13-23(14-16-40)36-26-10-8-22(32)17-25(26)33)31(41)37-24-9-11-28-27(18-24)38-29(39(28)2)12-5-20-3-6-21(7-4-20)30(34)35/h3-4,6-11,17-19,23,36H,5,12-16H2,1-2H3,(H3,34,35)(H,37,41). The molecule has 10 heteroatoms. The number of carbonyl (C=O) groups excluding carboxylic acids is 1. The maximum Gasteiger partial charge on any atom is 0.241 e. The molecule has 1 amide bonds. The van der Waals surface area contributed by atoms with Gasteiger partial charge in [-0.15, -0.1) is 0 Å². The summed E-state index contributed by atoms with van der Waals surface area (Å²) in [6.45, 7) is 3.59. The van der Waals surface area contributed by atoms with E-state index in [4.69, 9.17) is 39.3 Å². The van der Waals surface area contributed by atoms with Crippen LogP contribution in [0, 0.1) is 5.41 Å². The molecule has 1 aliphatic heterocycles. The molecule has 1 aromatic heterocycles. The predicted molar refractivity (Wildman–Crippen MR) is 168 cm³/mol. The second kappa shape index (κ2) is 12.5. The Morgan fingerprint density at radius 3 is 2.49 bits per heavy atom. The summed E-state index contributed by atoms with van der Waals surface area (Å²) < 4.78 is 2.10. The number of hydrogen-bond acceptors (Lipinski definition) is 5. The van der Waals surface area contributed by atoms with Gasteiger partial charge in [0.2, 0.25) is 5.91 Å². The minimum atomic E-state index is -0.251. The van der Waals surface area contributed by atoms with Crippen LogP contribution in [-0.4, -0.2) is 51.4 Å². The number of nitrogens with one attached hydrogen (secondary N) is 3. The Balaban J connectivity index is 1.15. The molecule has 4 aromatic rings. The number of nitrogens with two attached hydrogens (primary N) is 1. The van der Waals surface area contributed by atoms with Gasteiger partial charge in [-0.1, -0.05) is 47.5 Å². The van der Waals surface area contributed by atoms with Gasteiger partial charge in [0.05, 0.1) is 27.8 Å². The molecule has 0 aliphatic carbocycles. The summed E-state index contributed by atoms with van der Waals surface area (Å²) in [5.74, 6) is 1.02. The number of aromatic nitrogens is 2. The molecule has 2 heterocycles. The number of anilines is 2. The van der Waals surface area contributed by atoms with Gasteiger partial charge in [0, 0.05) is 48.9 Å². The molecule has 1 saturated heterocycles. The number of fused-ring (bicyclic) bond motifs is 1. The van der Waals surface area contributed by atoms with Gasteiger partial charge in [-0.05, 0) is 68.1 Å². The summed E-state index contributed by atoms with van der Waals surface area (Å²) in [5, 5.41) is 15.4. The molecular formula is C31H35Cl2N7O. The van der Waals surface area contributed by atoms with Crippen LogP contribution < -0.4 is 16.4 Å². The van der Waals surface area contributed by atoms with Gasteiger partial charge in [-0.25, -0.2) is 4.98 Å². The normalized spacial score (nSPS) is 15.1. The van der Waals surface area contributed by atoms with Crippen molar-refractivity contribution in [2.45, 2.75) is 44.7 Å². The first kappa shape index (κ1) is 28.9. The van der Waals surface area contributed by atoms with Crippen molar-refractivity contribution in [3.05, 3.63) is 87.7 Å². The van der Waals surface area contributed by atoms with Crippen LogP contribution in [0.3, 0.4) is 0 Å². The summed E-state index contributed by atoms with van der Waals surface area (Å²) in [6, 6.07) is 19.2. The highest BCUT2D eigenvalue weighted by Gasteiger charge is 2.27. The zero-order valence-corrected chi connectivity index (χ0v) is 24.8. The number of halogens is 2. The third-order valence-corrected chi connectivity index (χ3v) is 8.44. The van der Waals surface area contributed by atoms with Gasteiger partial charge in [0.25, 0.3) is 0 Å². The molecule has 0 bridgehead atoms. The van der Waals surface area contributed by atoms with Gasteiger partial charge in [0.1, 0.15) is 11.7 Å². The highest BCUT2D eigenvalue weighted by molar-refractivity contribution is 6.36. The molecular weight excluding hydrogens is 557 g/mol. The average Bonchev–Trinajstić information content (AvgIpc) is 3.28. The van der Waals surface area contributed by atoms with Crippen LogP contribution in [0.2, 0.25) is 10.0 Å². The Kier molecular flexibility index (Phi) is 8.82. The Hall–Kier alpha value is -3.59. The summed E-state index contributed by atoms with van der Waals surface area (Å²) in [4.78, 5) is 20.2. The number of piperidine rings is 1. The smallest absolute Gasteiger partial charge is 0.241 e. The lowest BCUT2D eigenvalue weighted by Crippen LogP contribution is -2.48. The van der Waals surface area contributed by atoms with Crippen molar-refractivity contribution < 1.29 is 4.79 Å². The monoisotopic (exact) mass is 591 g/mol. The molecule has 3 aromatic carbocycles. The van der Waals surface area contributed by atoms with Crippen LogP contribution in [0.5, 0.6) is 0 Å². The quantitative estimate of drug-likeness (QED) is 0.144. The number of likely N-dealkylation sites (tertiary alicyclic amines) is 1. The Bertz CT molecular complexity index is 1560. The Morgan fingerprint density at radius 2 is 1.80 bits per heavy atom. The molecule has 1 unspecified atom stereocenters. The molecule has 1 aliphatic rings. The lowest BCUT2D eigenvalue weighted by Gasteiger charge is -2.36. The topological polar surface area (TPSA) is 112 Å². The van der Waals surface area contributed by atoms with Crippen molar-refractivity contribution in [1.29, 1.82) is 5.41 Å². The van der Waals surface area contributed by atoms with Crippen LogP contribution in [0.1, 0.15) is 36.7 Å². The number of imidazole rings is 1. The lowest BCUT2D eigenvalue weighted by molar-refractivity contribution is -0.121. The third-order valence-electron chi connectivity index (χ3n) is 7.89. The molecule has 0 spiro atoms. The van der Waals surface area contributed by atoms with Gasteiger partial charge < -0.3 is 20.9 Å². The second-order valence-electron chi connectivity index (χ2n) is 10.6. The number of aryl methyl sites for hydroxylation is 3. The van der Waals surface area contributed by atoms with E-state index in [1.54, 1.807) is 6.07 Å². The molecule has 8 nitrogen and oxygen atoms in total. The Labute approximate surface area is 250 Å². The summed E-state index contributed by atoms with van der Waals surface area (Å²) in [6.07, 6.45) is 3.44. The first-order valence-corrected chi connectivity index (χ1v) is 14.6. The van der Waals surface area contributed by atoms with Gasteiger partial charge in [0.15, 0.2) is 0 Å². The highest BCUT2D eigenvalue weighted by Crippen LogP contribution is 2.28. The zero-order chi connectivity index (χ0) is 29.1. The van der Waals surface area contributed by atoms with E-state index in [1.807, 2.05) is 68.6 Å². The van der Waals surface area contributed by atoms with E-state index >= 15 is 0 Å². The molecule has 5 rings (SSSR count). The Morgan fingerprint density at radius 1 is 1.07 bits per heavy atom. The van der Waals surface area contributed by atoms with E-state index in [-0.39, 0.29) is 17.8 Å². The van der Waals surface area contributed by atoms with Crippen LogP contribution in [0.4, 0.5) is 11.4 Å². The lowest BCUT2D eigenvalue weighted by atomic mass is 10.0. The molecule has 214 valence electrons. The number of amides is 1. The van der Waals surface area contributed by atoms with E-state index in [1.165, 1.54) is 0 Å². The number of nitrogen functional groups attached to an aromatic ring is 1. The van der Waals surface area contributed by atoms with Crippen LogP contribution in [0.15, 0.2) is 60.7 Å². The average molecular weight is 593 g/mol. The van der Waals surface area contributed by atoms with E-state index < -0.39 is 0 Å². The number of hydrogen-bond donors (Lipinski definition) is 4. The number of nitrogens with zero attached hydrogens (tertiary/aromatic N) is 3. The molecule has 1 atom stereocenters. The number of amidine groups is 1. The van der Waals surface area contributed by atoms with Gasteiger partial charge in [-0.2, -0.15) is 0 Å². The maximum absolute atomic E-state index is 13.1. The maximum atomic E-state index is 13.1. The van der Waals surface area contributed by atoms with E-state index in [0.717, 1.165) is 78.1 Å². The fourth-order valence-electron chi connectivity index (χ4n) is 5.33. The van der Waals surface area contributed by atoms with E-state index in [2.05, 4.69) is 20.1 Å². The van der Waals surface area contributed by atoms with Crippen molar-refractivity contribution in [1.82, 2.24) is 14.5 Å². The predicted octanol–water partition coefficient (Wildman–Crippen LogP) is 5.85. The number of carbonyl (C=O) groups is 1. The van der Waals surface area contributed by atoms with Crippen LogP contribution in [0.25, 0.3) is 11.0 Å². The number of benzene rings is 3. The van der Waals surface area contributed by atoms with Crippen molar-refractivity contribution in [3.8, 4) is 0 Å². The van der Waals surface area contributed by atoms with Gasteiger partial charge in [-0.3, -0.25) is 15.1 Å².